The predicted octanol–water partition coefficient (Wildman–Crippen LogP) is 12.1. The number of benzene rings is 8. The van der Waals surface area contributed by atoms with Gasteiger partial charge in [-0.15, -0.1) is 0 Å². The first-order chi connectivity index (χ1) is 24.7. The summed E-state index contributed by atoms with van der Waals surface area (Å²) in [7, 11) is 0. The van der Waals surface area contributed by atoms with Crippen LogP contribution in [0.25, 0.3) is 88.5 Å². The van der Waals surface area contributed by atoms with E-state index in [0.29, 0.717) is 11.4 Å². The molecule has 1 heterocycles. The van der Waals surface area contributed by atoms with E-state index < -0.39 is 0 Å². The van der Waals surface area contributed by atoms with Crippen molar-refractivity contribution in [2.45, 2.75) is 0 Å². The van der Waals surface area contributed by atoms with Crippen LogP contribution in [0.15, 0.2) is 176 Å². The number of nitriles is 1. The summed E-state index contributed by atoms with van der Waals surface area (Å²) in [6.07, 6.45) is 0. The molecule has 8 aromatic carbocycles. The van der Waals surface area contributed by atoms with Gasteiger partial charge in [-0.05, 0) is 78.8 Å². The number of fused-ring (bicyclic) bond motifs is 4. The Balaban J connectivity index is 1.20. The van der Waals surface area contributed by atoms with Crippen LogP contribution in [0.2, 0.25) is 0 Å². The molecule has 1 aromatic heterocycles. The molecule has 9 aromatic rings. The predicted molar refractivity (Wildman–Crippen MR) is 206 cm³/mol. The Bertz CT molecular complexity index is 2740. The van der Waals surface area contributed by atoms with E-state index in [1.165, 1.54) is 37.9 Å². The van der Waals surface area contributed by atoms with Crippen molar-refractivity contribution in [1.82, 2.24) is 9.97 Å². The van der Waals surface area contributed by atoms with Gasteiger partial charge in [0.25, 0.3) is 0 Å². The van der Waals surface area contributed by atoms with Gasteiger partial charge >= 0.3 is 0 Å². The maximum Gasteiger partial charge on any atom is 0.160 e. The van der Waals surface area contributed by atoms with Crippen LogP contribution in [0.1, 0.15) is 5.56 Å². The first-order valence-electron chi connectivity index (χ1n) is 16.7. The Morgan fingerprint density at radius 3 is 1.78 bits per heavy atom. The number of rotatable bonds is 5. The van der Waals surface area contributed by atoms with Crippen LogP contribution in [0.3, 0.4) is 0 Å². The van der Waals surface area contributed by atoms with Gasteiger partial charge in [0.1, 0.15) is 0 Å². The monoisotopic (exact) mass is 635 g/mol. The SMILES string of the molecule is N#Cc1ccc(-c2ccccc2-c2cc(-c3ccccc3)nc(-c3ccc(-c4c5ccccc5cc5c4ccc4ccccc45)cc3)n2)cc1. The molecule has 232 valence electrons. The molecular weight excluding hydrogens is 607 g/mol. The highest BCUT2D eigenvalue weighted by atomic mass is 14.9. The standard InChI is InChI=1S/C47H29N3/c48-30-31-18-20-33(21-19-31)38-14-8-9-17-41(38)45-29-44(34-11-2-1-3-12-34)49-47(50-45)36-24-22-35(23-25-36)46-40-16-7-5-13-37(40)28-43-39-15-6-4-10-32(39)26-27-42(43)46/h1-29H. The van der Waals surface area contributed by atoms with Crippen molar-refractivity contribution in [3.63, 3.8) is 0 Å². The fourth-order valence-corrected chi connectivity index (χ4v) is 7.07. The molecular formula is C47H29N3. The van der Waals surface area contributed by atoms with Gasteiger partial charge in [-0.25, -0.2) is 9.97 Å². The van der Waals surface area contributed by atoms with Gasteiger partial charge in [0, 0.05) is 16.7 Å². The average Bonchev–Trinajstić information content (AvgIpc) is 3.20. The zero-order chi connectivity index (χ0) is 33.4. The lowest BCUT2D eigenvalue weighted by Gasteiger charge is -2.15. The molecule has 0 saturated carbocycles. The molecule has 3 heteroatoms. The maximum absolute atomic E-state index is 9.36. The zero-order valence-electron chi connectivity index (χ0n) is 27.1. The molecule has 3 nitrogen and oxygen atoms in total. The van der Waals surface area contributed by atoms with E-state index in [1.54, 1.807) is 0 Å². The molecule has 0 fully saturated rings. The molecule has 0 atom stereocenters. The molecule has 50 heavy (non-hydrogen) atoms. The third-order valence-electron chi connectivity index (χ3n) is 9.53. The molecule has 0 spiro atoms. The first-order valence-corrected chi connectivity index (χ1v) is 16.7. The van der Waals surface area contributed by atoms with Gasteiger partial charge in [-0.3, -0.25) is 0 Å². The van der Waals surface area contributed by atoms with Crippen LogP contribution in [0.4, 0.5) is 0 Å². The third kappa shape index (κ3) is 5.17. The van der Waals surface area contributed by atoms with E-state index in [0.717, 1.165) is 44.8 Å². The highest BCUT2D eigenvalue weighted by Gasteiger charge is 2.16. The van der Waals surface area contributed by atoms with E-state index in [2.05, 4.69) is 127 Å². The fraction of sp³-hybridized carbons (Fsp3) is 0. The largest absolute Gasteiger partial charge is 0.228 e. The van der Waals surface area contributed by atoms with E-state index in [4.69, 9.17) is 9.97 Å². The second-order valence-corrected chi connectivity index (χ2v) is 12.5. The van der Waals surface area contributed by atoms with Crippen molar-refractivity contribution in [2.75, 3.05) is 0 Å². The Morgan fingerprint density at radius 2 is 1.00 bits per heavy atom. The first kappa shape index (κ1) is 29.3. The quantitative estimate of drug-likeness (QED) is 0.140. The Labute approximate surface area is 290 Å². The molecule has 0 aliphatic carbocycles. The van der Waals surface area contributed by atoms with Gasteiger partial charge < -0.3 is 0 Å². The molecule has 0 aliphatic heterocycles. The lowest BCUT2D eigenvalue weighted by Crippen LogP contribution is -1.97. The fourth-order valence-electron chi connectivity index (χ4n) is 7.07. The Kier molecular flexibility index (Phi) is 7.19. The van der Waals surface area contributed by atoms with Gasteiger partial charge in [0.2, 0.25) is 0 Å². The molecule has 0 aliphatic rings. The summed E-state index contributed by atoms with van der Waals surface area (Å²) in [5.41, 5.74) is 9.76. The second kappa shape index (κ2) is 12.3. The number of hydrogen-bond donors (Lipinski definition) is 0. The van der Waals surface area contributed by atoms with Crippen LogP contribution < -0.4 is 0 Å². The highest BCUT2D eigenvalue weighted by molar-refractivity contribution is 6.20. The molecule has 0 radical (unpaired) electrons. The molecule has 9 rings (SSSR count). The molecule has 0 saturated heterocycles. The second-order valence-electron chi connectivity index (χ2n) is 12.5. The Hall–Kier alpha value is -6.89. The van der Waals surface area contributed by atoms with Crippen LogP contribution in [0.5, 0.6) is 0 Å². The van der Waals surface area contributed by atoms with E-state index in [-0.39, 0.29) is 0 Å². The molecule has 0 amide bonds. The van der Waals surface area contributed by atoms with E-state index >= 15 is 0 Å². The minimum absolute atomic E-state index is 0.634. The van der Waals surface area contributed by atoms with Crippen molar-refractivity contribution in [3.05, 3.63) is 181 Å². The summed E-state index contributed by atoms with van der Waals surface area (Å²) < 4.78 is 0. The van der Waals surface area contributed by atoms with Crippen LogP contribution in [-0.2, 0) is 0 Å². The summed E-state index contributed by atoms with van der Waals surface area (Å²) in [6, 6.07) is 63.3. The number of hydrogen-bond acceptors (Lipinski definition) is 3. The van der Waals surface area contributed by atoms with Crippen molar-refractivity contribution < 1.29 is 0 Å². The van der Waals surface area contributed by atoms with Crippen LogP contribution >= 0.6 is 0 Å². The lowest BCUT2D eigenvalue weighted by molar-refractivity contribution is 1.18. The van der Waals surface area contributed by atoms with Gasteiger partial charge in [-0.1, -0.05) is 152 Å². The average molecular weight is 636 g/mol. The van der Waals surface area contributed by atoms with E-state index in [9.17, 15) is 5.26 Å². The molecule has 0 N–H and O–H groups in total. The van der Waals surface area contributed by atoms with Crippen molar-refractivity contribution in [1.29, 1.82) is 5.26 Å². The van der Waals surface area contributed by atoms with Gasteiger partial charge in [-0.2, -0.15) is 5.26 Å². The van der Waals surface area contributed by atoms with Crippen molar-refractivity contribution in [2.24, 2.45) is 0 Å². The molecule has 0 bridgehead atoms. The third-order valence-corrected chi connectivity index (χ3v) is 9.53. The normalized spacial score (nSPS) is 11.2. The Morgan fingerprint density at radius 1 is 0.380 bits per heavy atom. The van der Waals surface area contributed by atoms with Gasteiger partial charge in [0.05, 0.1) is 23.0 Å². The summed E-state index contributed by atoms with van der Waals surface area (Å²) >= 11 is 0. The summed E-state index contributed by atoms with van der Waals surface area (Å²) in [5.74, 6) is 0.663. The van der Waals surface area contributed by atoms with Crippen molar-refractivity contribution >= 4 is 32.3 Å². The summed E-state index contributed by atoms with van der Waals surface area (Å²) in [6.45, 7) is 0. The number of aromatic nitrogens is 2. The minimum atomic E-state index is 0.634. The smallest absolute Gasteiger partial charge is 0.160 e. The maximum atomic E-state index is 9.36. The lowest BCUT2D eigenvalue weighted by atomic mass is 9.89. The topological polar surface area (TPSA) is 49.6 Å². The highest BCUT2D eigenvalue weighted by Crippen LogP contribution is 2.40. The number of nitrogens with zero attached hydrogens (tertiary/aromatic N) is 3. The van der Waals surface area contributed by atoms with Crippen LogP contribution in [0, 0.1) is 11.3 Å². The molecule has 0 unspecified atom stereocenters. The summed E-state index contributed by atoms with van der Waals surface area (Å²) in [5, 5.41) is 16.8. The zero-order valence-corrected chi connectivity index (χ0v) is 27.1. The minimum Gasteiger partial charge on any atom is -0.228 e. The van der Waals surface area contributed by atoms with Crippen molar-refractivity contribution in [3.8, 4) is 62.2 Å². The summed E-state index contributed by atoms with van der Waals surface area (Å²) in [4.78, 5) is 10.3. The van der Waals surface area contributed by atoms with E-state index in [1.807, 2.05) is 54.6 Å². The van der Waals surface area contributed by atoms with Crippen LogP contribution in [-0.4, -0.2) is 9.97 Å². The van der Waals surface area contributed by atoms with Gasteiger partial charge in [0.15, 0.2) is 5.82 Å².